The average Bonchev–Trinajstić information content (AvgIpc) is 2.78. The molecule has 0 saturated carbocycles. The number of fused-ring (bicyclic) bond motifs is 3. The largest absolute Gasteiger partial charge is 0.324 e. The van der Waals surface area contributed by atoms with Crippen molar-refractivity contribution in [2.75, 3.05) is 0 Å². The Hall–Kier alpha value is -1.94. The number of nitrogens with two attached hydrogens (primary N) is 1. The van der Waals surface area contributed by atoms with Crippen LogP contribution in [0, 0.1) is 13.8 Å². The monoisotopic (exact) mass is 268 g/mol. The van der Waals surface area contributed by atoms with Gasteiger partial charge in [0.2, 0.25) is 0 Å². The van der Waals surface area contributed by atoms with Crippen LogP contribution in [0.15, 0.2) is 18.3 Å². The van der Waals surface area contributed by atoms with Crippen molar-refractivity contribution < 1.29 is 0 Å². The summed E-state index contributed by atoms with van der Waals surface area (Å²) < 4.78 is 2.10. The summed E-state index contributed by atoms with van der Waals surface area (Å²) in [6, 6.07) is 4.24. The van der Waals surface area contributed by atoms with Crippen LogP contribution in [0.5, 0.6) is 0 Å². The van der Waals surface area contributed by atoms with Gasteiger partial charge in [-0.15, -0.1) is 0 Å². The molecule has 0 amide bonds. The Kier molecular flexibility index (Phi) is 2.98. The molecule has 0 aliphatic carbocycles. The molecule has 1 atom stereocenters. The number of aromatic nitrogens is 3. The number of nitrogens with zero attached hydrogens (tertiary/aromatic N) is 3. The number of hydrogen-bond acceptors (Lipinski definition) is 3. The summed E-state index contributed by atoms with van der Waals surface area (Å²) in [6.07, 6.45) is 2.92. The molecule has 2 aromatic heterocycles. The quantitative estimate of drug-likeness (QED) is 0.777. The molecule has 0 radical (unpaired) electrons. The topological polar surface area (TPSA) is 56.2 Å². The van der Waals surface area contributed by atoms with Gasteiger partial charge in [0.1, 0.15) is 11.5 Å². The molecule has 0 spiro atoms. The molecule has 3 rings (SSSR count). The normalized spacial score (nSPS) is 13.2. The van der Waals surface area contributed by atoms with Gasteiger partial charge in [-0.25, -0.2) is 9.97 Å². The molecule has 2 N–H and O–H groups in total. The van der Waals surface area contributed by atoms with Crippen LogP contribution in [-0.4, -0.2) is 14.4 Å². The fourth-order valence-electron chi connectivity index (χ4n) is 2.77. The van der Waals surface area contributed by atoms with Gasteiger partial charge >= 0.3 is 0 Å². The first kappa shape index (κ1) is 13.1. The number of rotatable bonds is 2. The Bertz CT molecular complexity index is 799. The van der Waals surface area contributed by atoms with E-state index in [2.05, 4.69) is 41.6 Å². The molecule has 0 saturated heterocycles. The maximum Gasteiger partial charge on any atom is 0.147 e. The van der Waals surface area contributed by atoms with E-state index in [9.17, 15) is 0 Å². The van der Waals surface area contributed by atoms with Crippen LogP contribution >= 0.6 is 0 Å². The summed E-state index contributed by atoms with van der Waals surface area (Å²) in [6.45, 7) is 8.22. The van der Waals surface area contributed by atoms with Gasteiger partial charge in [-0.05, 0) is 38.0 Å². The van der Waals surface area contributed by atoms with Crippen molar-refractivity contribution in [3.05, 3.63) is 41.0 Å². The molecule has 20 heavy (non-hydrogen) atoms. The first-order valence-corrected chi connectivity index (χ1v) is 7.05. The molecule has 104 valence electrons. The van der Waals surface area contributed by atoms with Crippen LogP contribution in [0.1, 0.15) is 42.5 Å². The van der Waals surface area contributed by atoms with Crippen molar-refractivity contribution >= 4 is 16.6 Å². The zero-order valence-corrected chi connectivity index (χ0v) is 12.4. The van der Waals surface area contributed by atoms with Gasteiger partial charge in [0, 0.05) is 24.0 Å². The van der Waals surface area contributed by atoms with Crippen molar-refractivity contribution in [3.8, 4) is 0 Å². The predicted octanol–water partition coefficient (Wildman–Crippen LogP) is 3.08. The number of hydrogen-bond donors (Lipinski definition) is 1. The minimum atomic E-state index is -0.0342. The molecular weight excluding hydrogens is 248 g/mol. The van der Waals surface area contributed by atoms with Crippen molar-refractivity contribution in [1.82, 2.24) is 14.4 Å². The second-order valence-electron chi connectivity index (χ2n) is 5.50. The summed E-state index contributed by atoms with van der Waals surface area (Å²) in [5.74, 6) is 1.03. The van der Waals surface area contributed by atoms with Crippen LogP contribution in [-0.2, 0) is 6.42 Å². The second kappa shape index (κ2) is 4.56. The van der Waals surface area contributed by atoms with Crippen LogP contribution in [0.25, 0.3) is 16.6 Å². The van der Waals surface area contributed by atoms with E-state index in [-0.39, 0.29) is 6.04 Å². The highest BCUT2D eigenvalue weighted by Gasteiger charge is 2.14. The molecule has 3 aromatic rings. The van der Waals surface area contributed by atoms with Crippen molar-refractivity contribution in [2.45, 2.75) is 40.2 Å². The number of aryl methyl sites for hydroxylation is 3. The Balaban J connectivity index is 2.54. The van der Waals surface area contributed by atoms with Gasteiger partial charge in [0.25, 0.3) is 0 Å². The van der Waals surface area contributed by atoms with Crippen LogP contribution in [0.3, 0.4) is 0 Å². The van der Waals surface area contributed by atoms with Crippen LogP contribution in [0.4, 0.5) is 0 Å². The van der Waals surface area contributed by atoms with Crippen molar-refractivity contribution in [2.24, 2.45) is 5.73 Å². The van der Waals surface area contributed by atoms with Crippen LogP contribution in [0.2, 0.25) is 0 Å². The van der Waals surface area contributed by atoms with Gasteiger partial charge in [0.05, 0.1) is 11.2 Å². The Morgan fingerprint density at radius 3 is 2.65 bits per heavy atom. The fraction of sp³-hybridized carbons (Fsp3) is 0.375. The first-order valence-electron chi connectivity index (χ1n) is 7.05. The van der Waals surface area contributed by atoms with Crippen LogP contribution < -0.4 is 5.73 Å². The zero-order chi connectivity index (χ0) is 14.4. The Morgan fingerprint density at radius 1 is 1.25 bits per heavy atom. The number of imidazole rings is 1. The first-order chi connectivity index (χ1) is 9.51. The Morgan fingerprint density at radius 2 is 2.00 bits per heavy atom. The van der Waals surface area contributed by atoms with E-state index in [0.29, 0.717) is 0 Å². The lowest BCUT2D eigenvalue weighted by Gasteiger charge is -2.13. The van der Waals surface area contributed by atoms with E-state index in [0.717, 1.165) is 40.1 Å². The minimum absolute atomic E-state index is 0.0342. The third-order valence-electron chi connectivity index (χ3n) is 3.68. The Labute approximate surface area is 118 Å². The number of benzene rings is 1. The molecule has 0 aliphatic heterocycles. The average molecular weight is 268 g/mol. The smallest absolute Gasteiger partial charge is 0.147 e. The third-order valence-corrected chi connectivity index (χ3v) is 3.68. The molecule has 0 aliphatic rings. The molecule has 4 nitrogen and oxygen atoms in total. The van der Waals surface area contributed by atoms with E-state index < -0.39 is 0 Å². The standard InChI is InChI=1S/C16H20N4/c1-5-14-19-15-12(11(4)17)6-9(2)7-13(15)16-18-10(3)8-20(14)16/h6-8,11H,5,17H2,1-4H3/t11-/m1/s1. The second-order valence-corrected chi connectivity index (χ2v) is 5.50. The van der Waals surface area contributed by atoms with Gasteiger partial charge in [-0.2, -0.15) is 0 Å². The minimum Gasteiger partial charge on any atom is -0.324 e. The summed E-state index contributed by atoms with van der Waals surface area (Å²) in [7, 11) is 0. The highest BCUT2D eigenvalue weighted by molar-refractivity contribution is 5.94. The molecule has 0 fully saturated rings. The molecule has 4 heteroatoms. The lowest BCUT2D eigenvalue weighted by Crippen LogP contribution is -2.09. The van der Waals surface area contributed by atoms with Gasteiger partial charge < -0.3 is 5.73 Å². The zero-order valence-electron chi connectivity index (χ0n) is 12.4. The highest BCUT2D eigenvalue weighted by Crippen LogP contribution is 2.27. The molecule has 0 unspecified atom stereocenters. The van der Waals surface area contributed by atoms with Gasteiger partial charge in [0.15, 0.2) is 0 Å². The van der Waals surface area contributed by atoms with Crippen molar-refractivity contribution in [1.29, 1.82) is 0 Å². The predicted molar refractivity (Wildman–Crippen MR) is 81.9 cm³/mol. The van der Waals surface area contributed by atoms with Gasteiger partial charge in [-0.3, -0.25) is 4.40 Å². The maximum absolute atomic E-state index is 6.12. The van der Waals surface area contributed by atoms with E-state index >= 15 is 0 Å². The summed E-state index contributed by atoms with van der Waals surface area (Å²) >= 11 is 0. The maximum atomic E-state index is 6.12. The van der Waals surface area contributed by atoms with Crippen molar-refractivity contribution in [3.63, 3.8) is 0 Å². The molecule has 2 heterocycles. The fourth-order valence-corrected chi connectivity index (χ4v) is 2.77. The summed E-state index contributed by atoms with van der Waals surface area (Å²) in [4.78, 5) is 9.51. The molecule has 1 aromatic carbocycles. The van der Waals surface area contributed by atoms with E-state index in [1.54, 1.807) is 0 Å². The summed E-state index contributed by atoms with van der Waals surface area (Å²) in [5, 5.41) is 1.09. The molecular formula is C16H20N4. The van der Waals surface area contributed by atoms with E-state index in [4.69, 9.17) is 10.7 Å². The lowest BCUT2D eigenvalue weighted by molar-refractivity contribution is 0.818. The molecule has 0 bridgehead atoms. The third kappa shape index (κ3) is 1.88. The van der Waals surface area contributed by atoms with E-state index in [1.165, 1.54) is 5.56 Å². The SMILES string of the molecule is CCc1nc2c([C@@H](C)N)cc(C)cc2c2nc(C)cn12. The highest BCUT2D eigenvalue weighted by atomic mass is 15.1. The van der Waals surface area contributed by atoms with E-state index in [1.807, 2.05) is 13.8 Å². The lowest BCUT2D eigenvalue weighted by atomic mass is 10.0. The summed E-state index contributed by atoms with van der Waals surface area (Å²) in [5.41, 5.74) is 11.4. The van der Waals surface area contributed by atoms with Gasteiger partial charge in [-0.1, -0.05) is 13.0 Å².